The van der Waals surface area contributed by atoms with Gasteiger partial charge < -0.3 is 29.8 Å². The molecule has 0 bridgehead atoms. The van der Waals surface area contributed by atoms with Crippen LogP contribution in [0.3, 0.4) is 0 Å². The number of anilines is 1. The van der Waals surface area contributed by atoms with Crippen LogP contribution in [0, 0.1) is 28.6 Å². The lowest BCUT2D eigenvalue weighted by Gasteiger charge is -2.24. The quantitative estimate of drug-likeness (QED) is 0.127. The van der Waals surface area contributed by atoms with Gasteiger partial charge in [-0.25, -0.2) is 23.1 Å². The molecule has 3 heterocycles. The lowest BCUT2D eigenvalue weighted by Crippen LogP contribution is -2.43. The summed E-state index contributed by atoms with van der Waals surface area (Å²) >= 11 is 0. The minimum absolute atomic E-state index is 0.0285. The number of esters is 3. The van der Waals surface area contributed by atoms with Crippen LogP contribution in [-0.2, 0) is 57.1 Å². The topological polar surface area (TPSA) is 233 Å². The van der Waals surface area contributed by atoms with E-state index in [9.17, 15) is 29.3 Å². The first-order chi connectivity index (χ1) is 21.4. The maximum atomic E-state index is 13.6. The summed E-state index contributed by atoms with van der Waals surface area (Å²) in [6.45, 7) is 9.00. The van der Waals surface area contributed by atoms with Gasteiger partial charge in [0.25, 0.3) is 0 Å². The summed E-state index contributed by atoms with van der Waals surface area (Å²) in [5.41, 5.74) is 3.17. The Hall–Kier alpha value is -3.65. The van der Waals surface area contributed by atoms with Gasteiger partial charge in [-0.15, -0.1) is 0 Å². The van der Waals surface area contributed by atoms with Gasteiger partial charge in [0, 0.05) is 6.42 Å². The Balaban J connectivity index is 1.91. The van der Waals surface area contributed by atoms with Crippen LogP contribution in [0.5, 0.6) is 0 Å². The number of phosphoric ester groups is 1. The van der Waals surface area contributed by atoms with E-state index in [4.69, 9.17) is 38.3 Å². The molecule has 2 aromatic heterocycles. The van der Waals surface area contributed by atoms with Gasteiger partial charge in [0.05, 0.1) is 23.6 Å². The van der Waals surface area contributed by atoms with Gasteiger partial charge in [-0.2, -0.15) is 10.4 Å². The van der Waals surface area contributed by atoms with Gasteiger partial charge in [0.2, 0.25) is 19.2 Å². The van der Waals surface area contributed by atoms with Crippen LogP contribution >= 0.6 is 7.82 Å². The second-order valence-corrected chi connectivity index (χ2v) is 13.9. The van der Waals surface area contributed by atoms with Crippen molar-refractivity contribution in [2.24, 2.45) is 17.3 Å². The molecule has 0 amide bonds. The zero-order chi connectivity index (χ0) is 34.4. The molecular weight excluding hydrogens is 629 g/mol. The van der Waals surface area contributed by atoms with Crippen LogP contribution < -0.4 is 5.73 Å². The second-order valence-electron chi connectivity index (χ2n) is 12.2. The van der Waals surface area contributed by atoms with Gasteiger partial charge in [-0.05, 0) is 38.8 Å². The molecule has 1 saturated heterocycles. The number of nitriles is 1. The summed E-state index contributed by atoms with van der Waals surface area (Å²) in [5.74, 6) is -2.62. The average Bonchev–Trinajstić information content (AvgIpc) is 3.51. The first-order valence-corrected chi connectivity index (χ1v) is 15.8. The SMILES string of the molecule is CC(C)CC(=O)O[C@H]1[C@@H](O)[C@](C#N)(c2ccc3c(N)ncnn23)O[C@@H]1COP(=O)(OCOC(=O)C(C)C)OCOC(=O)C(C)(C)C. The molecule has 0 aliphatic carbocycles. The molecule has 3 N–H and O–H groups in total. The van der Waals surface area contributed by atoms with E-state index in [0.717, 1.165) is 6.33 Å². The summed E-state index contributed by atoms with van der Waals surface area (Å²) in [7, 11) is -4.71. The molecule has 0 radical (unpaired) electrons. The number of nitrogens with two attached hydrogens (primary N) is 1. The molecule has 0 saturated carbocycles. The number of ether oxygens (including phenoxy) is 4. The molecule has 0 aromatic carbocycles. The number of phosphoric acid groups is 1. The van der Waals surface area contributed by atoms with E-state index < -0.39 is 81.2 Å². The molecule has 46 heavy (non-hydrogen) atoms. The highest BCUT2D eigenvalue weighted by atomic mass is 31.2. The van der Waals surface area contributed by atoms with E-state index in [1.54, 1.807) is 48.5 Å². The second kappa shape index (κ2) is 14.8. The first-order valence-electron chi connectivity index (χ1n) is 14.4. The minimum Gasteiger partial charge on any atom is -0.457 e. The van der Waals surface area contributed by atoms with Gasteiger partial charge in [0.1, 0.15) is 30.1 Å². The minimum atomic E-state index is -4.71. The fourth-order valence-corrected chi connectivity index (χ4v) is 5.08. The van der Waals surface area contributed by atoms with Gasteiger partial charge in [0.15, 0.2) is 11.9 Å². The molecule has 5 atom stereocenters. The zero-order valence-electron chi connectivity index (χ0n) is 26.7. The van der Waals surface area contributed by atoms with E-state index in [0.29, 0.717) is 5.52 Å². The normalized spacial score (nSPS) is 22.8. The van der Waals surface area contributed by atoms with E-state index in [1.165, 1.54) is 16.6 Å². The molecule has 1 aliphatic heterocycles. The number of nitrogens with zero attached hydrogens (tertiary/aromatic N) is 4. The van der Waals surface area contributed by atoms with Crippen molar-refractivity contribution in [2.45, 2.75) is 78.8 Å². The third-order valence-electron chi connectivity index (χ3n) is 6.60. The van der Waals surface area contributed by atoms with Crippen LogP contribution in [0.15, 0.2) is 18.5 Å². The first kappa shape index (κ1) is 36.8. The van der Waals surface area contributed by atoms with Crippen molar-refractivity contribution < 1.29 is 56.6 Å². The van der Waals surface area contributed by atoms with Crippen LogP contribution in [0.1, 0.15) is 60.6 Å². The molecule has 2 aromatic rings. The maximum Gasteiger partial charge on any atom is 0.480 e. The predicted molar refractivity (Wildman–Crippen MR) is 157 cm³/mol. The third kappa shape index (κ3) is 8.58. The summed E-state index contributed by atoms with van der Waals surface area (Å²) < 4.78 is 52.2. The van der Waals surface area contributed by atoms with Crippen molar-refractivity contribution in [2.75, 3.05) is 25.9 Å². The summed E-state index contributed by atoms with van der Waals surface area (Å²) in [4.78, 5) is 40.8. The smallest absolute Gasteiger partial charge is 0.457 e. The fourth-order valence-electron chi connectivity index (χ4n) is 4.16. The lowest BCUT2D eigenvalue weighted by atomic mass is 9.92. The molecular formula is C28H40N5O12P. The van der Waals surface area contributed by atoms with E-state index in [-0.39, 0.29) is 23.9 Å². The van der Waals surface area contributed by atoms with Crippen molar-refractivity contribution in [1.29, 1.82) is 5.26 Å². The summed E-state index contributed by atoms with van der Waals surface area (Å²) in [6, 6.07) is 4.89. The molecule has 0 spiro atoms. The number of nitrogen functional groups attached to an aromatic ring is 1. The molecule has 254 valence electrons. The predicted octanol–water partition coefficient (Wildman–Crippen LogP) is 2.61. The van der Waals surface area contributed by atoms with E-state index in [2.05, 4.69) is 10.1 Å². The van der Waals surface area contributed by atoms with Crippen LogP contribution in [0.25, 0.3) is 5.52 Å². The number of hydrogen-bond acceptors (Lipinski definition) is 16. The fraction of sp³-hybridized carbons (Fsp3) is 0.643. The number of carbonyl (C=O) groups excluding carboxylic acids is 3. The molecule has 1 unspecified atom stereocenters. The number of hydrogen-bond donors (Lipinski definition) is 2. The summed E-state index contributed by atoms with van der Waals surface area (Å²) in [6.07, 6.45) is -3.66. The van der Waals surface area contributed by atoms with E-state index >= 15 is 0 Å². The van der Waals surface area contributed by atoms with E-state index in [1.807, 2.05) is 6.07 Å². The highest BCUT2D eigenvalue weighted by molar-refractivity contribution is 7.48. The average molecular weight is 670 g/mol. The Kier molecular flexibility index (Phi) is 11.9. The number of aromatic nitrogens is 3. The highest BCUT2D eigenvalue weighted by Gasteiger charge is 2.60. The molecule has 18 heteroatoms. The number of carbonyl (C=O) groups is 3. The van der Waals surface area contributed by atoms with Crippen molar-refractivity contribution in [1.82, 2.24) is 14.6 Å². The summed E-state index contributed by atoms with van der Waals surface area (Å²) in [5, 5.41) is 26.0. The van der Waals surface area contributed by atoms with Crippen LogP contribution in [0.4, 0.5) is 5.82 Å². The maximum absolute atomic E-state index is 13.6. The largest absolute Gasteiger partial charge is 0.480 e. The third-order valence-corrected chi connectivity index (χ3v) is 7.90. The zero-order valence-corrected chi connectivity index (χ0v) is 27.6. The van der Waals surface area contributed by atoms with Crippen molar-refractivity contribution in [3.05, 3.63) is 24.2 Å². The van der Waals surface area contributed by atoms with Gasteiger partial charge >= 0.3 is 25.7 Å². The molecule has 17 nitrogen and oxygen atoms in total. The number of rotatable bonds is 14. The Morgan fingerprint density at radius 2 is 1.80 bits per heavy atom. The van der Waals surface area contributed by atoms with Crippen molar-refractivity contribution in [3.63, 3.8) is 0 Å². The van der Waals surface area contributed by atoms with Gasteiger partial charge in [-0.3, -0.25) is 18.9 Å². The molecule has 1 fully saturated rings. The highest BCUT2D eigenvalue weighted by Crippen LogP contribution is 2.51. The number of fused-ring (bicyclic) bond motifs is 1. The molecule has 3 rings (SSSR count). The standard InChI is InChI=1S/C28H40N5O12P/c1-16(2)10-21(34)44-22-19(45-28(12-29,23(22)35)20-9-8-18-24(30)31-13-32-33(18)20)11-41-46(38,42-14-39-25(36)17(3)4)43-15-40-26(37)27(5,6)7/h8-9,13,16-17,19,22-23,35H,10-11,14-15H2,1-7H3,(H2,30,31,32)/t19-,22-,23-,28+,46?/m1/s1. The van der Waals surface area contributed by atoms with Crippen LogP contribution in [-0.4, -0.2) is 76.1 Å². The number of aliphatic hydroxyl groups is 1. The Morgan fingerprint density at radius 3 is 2.39 bits per heavy atom. The van der Waals surface area contributed by atoms with Crippen molar-refractivity contribution in [3.8, 4) is 6.07 Å². The monoisotopic (exact) mass is 669 g/mol. The molecule has 1 aliphatic rings. The lowest BCUT2D eigenvalue weighted by molar-refractivity contribution is -0.162. The Morgan fingerprint density at radius 1 is 1.15 bits per heavy atom. The van der Waals surface area contributed by atoms with Gasteiger partial charge in [-0.1, -0.05) is 27.7 Å². The van der Waals surface area contributed by atoms with Crippen molar-refractivity contribution >= 4 is 37.1 Å². The van der Waals surface area contributed by atoms with Crippen LogP contribution in [0.2, 0.25) is 0 Å². The Bertz CT molecular complexity index is 1500. The Labute approximate surface area is 265 Å². The number of aliphatic hydroxyl groups excluding tert-OH is 1.